The van der Waals surface area contributed by atoms with Crippen LogP contribution in [0.1, 0.15) is 0 Å². The Kier molecular flexibility index (Phi) is 7.37. The molecule has 0 saturated heterocycles. The van der Waals surface area contributed by atoms with Crippen molar-refractivity contribution < 1.29 is 4.42 Å². The second-order valence-electron chi connectivity index (χ2n) is 14.7. The normalized spacial score (nSPS) is 11.8. The van der Waals surface area contributed by atoms with E-state index in [-0.39, 0.29) is 0 Å². The molecule has 12 aromatic rings. The number of thiophene rings is 1. The van der Waals surface area contributed by atoms with Gasteiger partial charge < -0.3 is 4.42 Å². The van der Waals surface area contributed by atoms with Crippen LogP contribution in [0.25, 0.3) is 120 Å². The molecule has 0 aliphatic rings. The van der Waals surface area contributed by atoms with Gasteiger partial charge in [-0.15, -0.1) is 11.3 Å². The van der Waals surface area contributed by atoms with Crippen LogP contribution < -0.4 is 0 Å². The van der Waals surface area contributed by atoms with Crippen LogP contribution in [0.5, 0.6) is 0 Å². The minimum absolute atomic E-state index is 0.622. The molecule has 3 heterocycles. The first kappa shape index (κ1) is 32.7. The molecule has 9 aromatic carbocycles. The predicted octanol–water partition coefficient (Wildman–Crippen LogP) is 14.8. The summed E-state index contributed by atoms with van der Waals surface area (Å²) in [5, 5.41) is 9.65. The van der Waals surface area contributed by atoms with E-state index in [0.717, 1.165) is 55.3 Å². The van der Waals surface area contributed by atoms with Crippen LogP contribution in [0, 0.1) is 0 Å². The van der Waals surface area contributed by atoms with Gasteiger partial charge in [-0.2, -0.15) is 0 Å². The molecule has 0 atom stereocenters. The van der Waals surface area contributed by atoms with Gasteiger partial charge in [-0.05, 0) is 86.3 Å². The molecule has 0 unspecified atom stereocenters. The van der Waals surface area contributed by atoms with Crippen molar-refractivity contribution in [1.29, 1.82) is 0 Å². The van der Waals surface area contributed by atoms with Gasteiger partial charge in [-0.1, -0.05) is 146 Å². The maximum Gasteiger partial charge on any atom is 0.164 e. The Hall–Kier alpha value is -7.47. The standard InChI is InChI=1S/C53H31N3OS/c1-2-12-32(13-3-1)51-54-52(56-53(55-51)37-24-26-43-42-20-8-9-23-48(42)58-49(43)31-37)36-16-10-15-33(28-36)39-21-11-22-47-50(39)45-30-35(25-27-46(45)57-47)44-29-34-14-4-5-17-38(34)40-18-6-7-19-41(40)44/h1-31H. The zero-order valence-corrected chi connectivity index (χ0v) is 31.9. The molecule has 0 spiro atoms. The molecule has 0 aliphatic carbocycles. The fraction of sp³-hybridized carbons (Fsp3) is 0. The van der Waals surface area contributed by atoms with Crippen molar-refractivity contribution in [2.24, 2.45) is 0 Å². The second-order valence-corrected chi connectivity index (χ2v) is 15.8. The minimum Gasteiger partial charge on any atom is -0.456 e. The summed E-state index contributed by atoms with van der Waals surface area (Å²) in [6.45, 7) is 0. The van der Waals surface area contributed by atoms with E-state index in [0.29, 0.717) is 17.5 Å². The van der Waals surface area contributed by atoms with E-state index in [1.54, 1.807) is 11.3 Å². The Labute approximate surface area is 337 Å². The third-order valence-electron chi connectivity index (χ3n) is 11.3. The second kappa shape index (κ2) is 13.1. The van der Waals surface area contributed by atoms with Crippen LogP contribution >= 0.6 is 11.3 Å². The number of aromatic nitrogens is 3. The lowest BCUT2D eigenvalue weighted by atomic mass is 9.92. The van der Waals surface area contributed by atoms with E-state index >= 15 is 0 Å². The smallest absolute Gasteiger partial charge is 0.164 e. The Bertz CT molecular complexity index is 3590. The van der Waals surface area contributed by atoms with E-state index in [1.165, 1.54) is 47.3 Å². The Morgan fingerprint density at radius 1 is 0.328 bits per heavy atom. The number of hydrogen-bond donors (Lipinski definition) is 0. The lowest BCUT2D eigenvalue weighted by molar-refractivity contribution is 0.669. The van der Waals surface area contributed by atoms with Gasteiger partial charge in [-0.3, -0.25) is 0 Å². The molecule has 4 nitrogen and oxygen atoms in total. The number of nitrogens with zero attached hydrogens (tertiary/aromatic N) is 3. The van der Waals surface area contributed by atoms with Crippen LogP contribution in [0.2, 0.25) is 0 Å². The molecule has 0 bridgehead atoms. The summed E-state index contributed by atoms with van der Waals surface area (Å²) in [6.07, 6.45) is 0. The molecule has 0 fully saturated rings. The molecule has 0 aliphatic heterocycles. The Morgan fingerprint density at radius 2 is 0.948 bits per heavy atom. The summed E-state index contributed by atoms with van der Waals surface area (Å²) >= 11 is 1.79. The van der Waals surface area contributed by atoms with Gasteiger partial charge in [0.25, 0.3) is 0 Å². The summed E-state index contributed by atoms with van der Waals surface area (Å²) in [4.78, 5) is 15.3. The van der Waals surface area contributed by atoms with Crippen molar-refractivity contribution in [3.63, 3.8) is 0 Å². The van der Waals surface area contributed by atoms with Crippen molar-refractivity contribution in [1.82, 2.24) is 15.0 Å². The topological polar surface area (TPSA) is 51.8 Å². The van der Waals surface area contributed by atoms with Gasteiger partial charge in [0.05, 0.1) is 0 Å². The van der Waals surface area contributed by atoms with Crippen molar-refractivity contribution >= 4 is 75.0 Å². The number of hydrogen-bond acceptors (Lipinski definition) is 5. The monoisotopic (exact) mass is 757 g/mol. The summed E-state index contributed by atoms with van der Waals surface area (Å²) in [5.41, 5.74) is 9.03. The minimum atomic E-state index is 0.622. The van der Waals surface area contributed by atoms with Gasteiger partial charge in [0.2, 0.25) is 0 Å². The first-order valence-corrected chi connectivity index (χ1v) is 20.2. The highest BCUT2D eigenvalue weighted by Gasteiger charge is 2.18. The van der Waals surface area contributed by atoms with E-state index in [9.17, 15) is 0 Å². The molecule has 5 heteroatoms. The van der Waals surface area contributed by atoms with E-state index in [4.69, 9.17) is 19.4 Å². The van der Waals surface area contributed by atoms with Crippen molar-refractivity contribution in [3.05, 3.63) is 188 Å². The number of furan rings is 1. The number of fused-ring (bicyclic) bond motifs is 9. The van der Waals surface area contributed by atoms with E-state index in [1.807, 2.05) is 30.3 Å². The van der Waals surface area contributed by atoms with Gasteiger partial charge in [0.15, 0.2) is 17.5 Å². The highest BCUT2D eigenvalue weighted by molar-refractivity contribution is 7.25. The van der Waals surface area contributed by atoms with Crippen LogP contribution in [0.3, 0.4) is 0 Å². The largest absolute Gasteiger partial charge is 0.456 e. The van der Waals surface area contributed by atoms with Gasteiger partial charge in [-0.25, -0.2) is 15.0 Å². The van der Waals surface area contributed by atoms with E-state index < -0.39 is 0 Å². The fourth-order valence-electron chi connectivity index (χ4n) is 8.57. The molecular weight excluding hydrogens is 727 g/mol. The maximum atomic E-state index is 6.53. The average molecular weight is 758 g/mol. The predicted molar refractivity (Wildman–Crippen MR) is 242 cm³/mol. The highest BCUT2D eigenvalue weighted by Crippen LogP contribution is 2.42. The third-order valence-corrected chi connectivity index (χ3v) is 12.4. The lowest BCUT2D eigenvalue weighted by Crippen LogP contribution is -2.00. The van der Waals surface area contributed by atoms with Crippen molar-refractivity contribution in [2.75, 3.05) is 0 Å². The summed E-state index contributed by atoms with van der Waals surface area (Å²) in [5.74, 6) is 1.90. The van der Waals surface area contributed by atoms with Crippen molar-refractivity contribution in [3.8, 4) is 56.4 Å². The number of benzene rings is 9. The SMILES string of the molecule is c1ccc(-c2nc(-c3cccc(-c4cccc5oc6ccc(-c7cc8ccccc8c8ccccc78)cc6c45)c3)nc(-c3ccc4c(c3)sc3ccccc34)n2)cc1. The van der Waals surface area contributed by atoms with Crippen molar-refractivity contribution in [2.45, 2.75) is 0 Å². The molecular formula is C53H31N3OS. The summed E-state index contributed by atoms with van der Waals surface area (Å²) in [7, 11) is 0. The Morgan fingerprint density at radius 3 is 1.81 bits per heavy atom. The molecule has 270 valence electrons. The van der Waals surface area contributed by atoms with Gasteiger partial charge in [0.1, 0.15) is 11.2 Å². The Balaban J connectivity index is 1.01. The molecule has 3 aromatic heterocycles. The molecule has 0 radical (unpaired) electrons. The quantitative estimate of drug-likeness (QED) is 0.164. The van der Waals surface area contributed by atoms with Crippen LogP contribution in [0.15, 0.2) is 192 Å². The average Bonchev–Trinajstić information content (AvgIpc) is 3.87. The first-order chi connectivity index (χ1) is 28.7. The molecule has 0 amide bonds. The molecule has 12 rings (SSSR count). The van der Waals surface area contributed by atoms with Crippen LogP contribution in [-0.2, 0) is 0 Å². The first-order valence-electron chi connectivity index (χ1n) is 19.4. The maximum absolute atomic E-state index is 6.53. The molecule has 0 N–H and O–H groups in total. The van der Waals surface area contributed by atoms with Gasteiger partial charge in [0, 0.05) is 47.6 Å². The summed E-state index contributed by atoms with van der Waals surface area (Å²) in [6, 6.07) is 66.3. The summed E-state index contributed by atoms with van der Waals surface area (Å²) < 4.78 is 9.00. The van der Waals surface area contributed by atoms with Crippen LogP contribution in [-0.4, -0.2) is 15.0 Å². The number of rotatable bonds is 5. The third kappa shape index (κ3) is 5.32. The molecule has 58 heavy (non-hydrogen) atoms. The molecule has 0 saturated carbocycles. The lowest BCUT2D eigenvalue weighted by Gasteiger charge is -2.11. The van der Waals surface area contributed by atoms with Gasteiger partial charge >= 0.3 is 0 Å². The highest BCUT2D eigenvalue weighted by atomic mass is 32.1. The van der Waals surface area contributed by atoms with E-state index in [2.05, 4.69) is 158 Å². The van der Waals surface area contributed by atoms with Crippen LogP contribution in [0.4, 0.5) is 0 Å². The zero-order valence-electron chi connectivity index (χ0n) is 31.1. The fourth-order valence-corrected chi connectivity index (χ4v) is 9.71. The zero-order chi connectivity index (χ0) is 38.2.